The monoisotopic (exact) mass is 435 g/mol. The van der Waals surface area contributed by atoms with Crippen molar-refractivity contribution < 1.29 is 19.4 Å². The number of H-pyrrole nitrogens is 1. The number of hydrogen-bond donors (Lipinski definition) is 3. The number of aryl methyl sites for hydroxylation is 1. The molecule has 31 heavy (non-hydrogen) atoms. The number of rotatable bonds is 4. The number of carbonyl (C=O) groups excluding carboxylic acids is 1. The molecule has 0 spiro atoms. The Bertz CT molecular complexity index is 1470. The van der Waals surface area contributed by atoms with Crippen LogP contribution in [0, 0.1) is 6.92 Å². The van der Waals surface area contributed by atoms with E-state index in [2.05, 4.69) is 19.9 Å². The number of aromatic hydroxyl groups is 2. The number of hydrogen-bond acceptors (Lipinski definition) is 7. The summed E-state index contributed by atoms with van der Waals surface area (Å²) in [4.78, 5) is 28.8. The van der Waals surface area contributed by atoms with E-state index in [1.54, 1.807) is 37.3 Å². The molecule has 4 heterocycles. The smallest absolute Gasteiger partial charge is 0.243 e. The van der Waals surface area contributed by atoms with Crippen LogP contribution >= 0.6 is 11.6 Å². The number of furan rings is 1. The number of carbonyl (C=O) groups is 1. The first-order valence-electron chi connectivity index (χ1n) is 9.15. The number of imidazole rings is 1. The second-order valence-electron chi connectivity index (χ2n) is 6.76. The van der Waals surface area contributed by atoms with Gasteiger partial charge in [0.2, 0.25) is 17.6 Å². The first kappa shape index (κ1) is 18.9. The summed E-state index contributed by atoms with van der Waals surface area (Å²) < 4.78 is 6.61. The van der Waals surface area contributed by atoms with Gasteiger partial charge < -0.3 is 19.6 Å². The molecule has 0 atom stereocenters. The van der Waals surface area contributed by atoms with Crippen LogP contribution in [-0.2, 0) is 0 Å². The van der Waals surface area contributed by atoms with Crippen LogP contribution in [0.15, 0.2) is 53.3 Å². The normalized spacial score (nSPS) is 11.3. The summed E-state index contributed by atoms with van der Waals surface area (Å²) in [6.45, 7) is 1.70. The van der Waals surface area contributed by atoms with E-state index in [9.17, 15) is 15.0 Å². The quantitative estimate of drug-likeness (QED) is 0.363. The molecule has 3 N–H and O–H groups in total. The number of fused-ring (bicyclic) bond motifs is 1. The third kappa shape index (κ3) is 2.94. The van der Waals surface area contributed by atoms with Gasteiger partial charge in [-0.3, -0.25) is 4.79 Å². The van der Waals surface area contributed by atoms with Crippen LogP contribution in [0.3, 0.4) is 0 Å². The third-order valence-electron chi connectivity index (χ3n) is 4.80. The van der Waals surface area contributed by atoms with Crippen LogP contribution in [0.5, 0.6) is 11.6 Å². The highest BCUT2D eigenvalue weighted by molar-refractivity contribution is 6.33. The summed E-state index contributed by atoms with van der Waals surface area (Å²) in [5.74, 6) is -1.36. The molecule has 0 amide bonds. The van der Waals surface area contributed by atoms with Crippen molar-refractivity contribution >= 4 is 28.5 Å². The zero-order chi connectivity index (χ0) is 21.7. The van der Waals surface area contributed by atoms with Crippen LogP contribution in [0.25, 0.3) is 28.4 Å². The fourth-order valence-electron chi connectivity index (χ4n) is 3.38. The lowest BCUT2D eigenvalue weighted by Crippen LogP contribution is -2.06. The van der Waals surface area contributed by atoms with Gasteiger partial charge >= 0.3 is 0 Å². The Balaban J connectivity index is 1.84. The van der Waals surface area contributed by atoms with E-state index in [1.165, 1.54) is 18.6 Å². The average molecular weight is 436 g/mol. The van der Waals surface area contributed by atoms with Crippen LogP contribution in [-0.4, -0.2) is 40.5 Å². The third-order valence-corrected chi connectivity index (χ3v) is 5.13. The number of nitrogens with zero attached hydrogens (tertiary/aromatic N) is 4. The van der Waals surface area contributed by atoms with Crippen molar-refractivity contribution in [2.45, 2.75) is 6.92 Å². The second kappa shape index (κ2) is 6.99. The molecule has 4 aromatic heterocycles. The van der Waals surface area contributed by atoms with Crippen molar-refractivity contribution in [3.05, 3.63) is 71.0 Å². The Morgan fingerprint density at radius 2 is 1.97 bits per heavy atom. The van der Waals surface area contributed by atoms with Crippen molar-refractivity contribution in [1.82, 2.24) is 24.5 Å². The van der Waals surface area contributed by atoms with E-state index in [1.807, 2.05) is 0 Å². The first-order valence-corrected chi connectivity index (χ1v) is 9.52. The summed E-state index contributed by atoms with van der Waals surface area (Å²) >= 11 is 6.41. The van der Waals surface area contributed by atoms with E-state index >= 15 is 0 Å². The Hall–Kier alpha value is -4.11. The molecule has 0 saturated carbocycles. The highest BCUT2D eigenvalue weighted by Crippen LogP contribution is 2.45. The minimum Gasteiger partial charge on any atom is -0.503 e. The van der Waals surface area contributed by atoms with Crippen LogP contribution in [0.4, 0.5) is 0 Å². The van der Waals surface area contributed by atoms with Crippen LogP contribution < -0.4 is 0 Å². The Labute approximate surface area is 179 Å². The highest BCUT2D eigenvalue weighted by atomic mass is 35.5. The van der Waals surface area contributed by atoms with Crippen molar-refractivity contribution in [2.24, 2.45) is 0 Å². The molecule has 154 valence electrons. The number of nitrogens with one attached hydrogen (secondary N) is 1. The minimum absolute atomic E-state index is 0.00178. The Kier molecular flexibility index (Phi) is 4.26. The van der Waals surface area contributed by atoms with Gasteiger partial charge in [-0.25, -0.2) is 14.5 Å². The van der Waals surface area contributed by atoms with E-state index in [0.717, 1.165) is 4.57 Å². The molecule has 5 aromatic rings. The molecule has 1 aromatic carbocycles. The maximum atomic E-state index is 13.3. The van der Waals surface area contributed by atoms with Gasteiger partial charge in [-0.2, -0.15) is 4.98 Å². The molecule has 0 aliphatic heterocycles. The van der Waals surface area contributed by atoms with Gasteiger partial charge in [-0.05, 0) is 25.1 Å². The molecule has 0 bridgehead atoms. The van der Waals surface area contributed by atoms with Gasteiger partial charge in [0.05, 0.1) is 23.8 Å². The Morgan fingerprint density at radius 3 is 2.71 bits per heavy atom. The summed E-state index contributed by atoms with van der Waals surface area (Å²) in [6, 6.07) is 9.85. The fourth-order valence-corrected chi connectivity index (χ4v) is 3.61. The van der Waals surface area contributed by atoms with Crippen molar-refractivity contribution in [3.8, 4) is 28.8 Å². The SMILES string of the molecule is Cc1ccc(C(=O)c2c(O)c(O)n(-c3ncc4[nH]cnc4n3)c2-c2ccccc2Cl)o1. The van der Waals surface area contributed by atoms with Crippen molar-refractivity contribution in [1.29, 1.82) is 0 Å². The summed E-state index contributed by atoms with van der Waals surface area (Å²) in [6.07, 6.45) is 2.94. The van der Waals surface area contributed by atoms with Crippen LogP contribution in [0.2, 0.25) is 5.02 Å². The molecule has 0 aliphatic carbocycles. The maximum Gasteiger partial charge on any atom is 0.243 e. The maximum absolute atomic E-state index is 13.3. The lowest BCUT2D eigenvalue weighted by Gasteiger charge is -2.11. The van der Waals surface area contributed by atoms with Gasteiger partial charge in [0.15, 0.2) is 17.2 Å². The van der Waals surface area contributed by atoms with Gasteiger partial charge in [0.25, 0.3) is 0 Å². The largest absolute Gasteiger partial charge is 0.503 e. The molecule has 9 nitrogen and oxygen atoms in total. The molecule has 0 radical (unpaired) electrons. The average Bonchev–Trinajstić information content (AvgIpc) is 3.46. The van der Waals surface area contributed by atoms with Crippen molar-refractivity contribution in [2.75, 3.05) is 0 Å². The molecule has 5 rings (SSSR count). The summed E-state index contributed by atoms with van der Waals surface area (Å²) in [5, 5.41) is 21.9. The number of halogens is 1. The zero-order valence-electron chi connectivity index (χ0n) is 16.0. The minimum atomic E-state index is -0.639. The number of benzene rings is 1. The Morgan fingerprint density at radius 1 is 1.16 bits per heavy atom. The van der Waals surface area contributed by atoms with Gasteiger partial charge in [-0.1, -0.05) is 29.8 Å². The topological polar surface area (TPSA) is 130 Å². The van der Waals surface area contributed by atoms with E-state index in [-0.39, 0.29) is 23.0 Å². The second-order valence-corrected chi connectivity index (χ2v) is 7.17. The van der Waals surface area contributed by atoms with Crippen molar-refractivity contribution in [3.63, 3.8) is 0 Å². The molecule has 0 unspecified atom stereocenters. The van der Waals surface area contributed by atoms with Crippen LogP contribution in [0.1, 0.15) is 21.9 Å². The lowest BCUT2D eigenvalue weighted by molar-refractivity contribution is 0.101. The molecule has 0 aliphatic rings. The molecule has 10 heteroatoms. The fraction of sp³-hybridized carbons (Fsp3) is 0.0476. The van der Waals surface area contributed by atoms with Gasteiger partial charge in [0.1, 0.15) is 11.3 Å². The van der Waals surface area contributed by atoms with E-state index in [0.29, 0.717) is 27.5 Å². The molecule has 0 fully saturated rings. The standard InChI is InChI=1S/C21H14ClN5O4/c1-10-6-7-14(31-10)17(28)15-16(11-4-2-3-5-12(11)22)27(20(30)18(15)29)21-23-8-13-19(26-21)25-9-24-13/h2-9,29-30H,1H3,(H,23,24,25,26). The number of aromatic amines is 1. The van der Waals surface area contributed by atoms with E-state index < -0.39 is 17.4 Å². The number of ketones is 1. The molecular formula is C21H14ClN5O4. The highest BCUT2D eigenvalue weighted by Gasteiger charge is 2.33. The number of aromatic nitrogens is 5. The summed E-state index contributed by atoms with van der Waals surface area (Å²) in [7, 11) is 0. The lowest BCUT2D eigenvalue weighted by atomic mass is 10.0. The van der Waals surface area contributed by atoms with Gasteiger partial charge in [-0.15, -0.1) is 0 Å². The first-order chi connectivity index (χ1) is 15.0. The zero-order valence-corrected chi connectivity index (χ0v) is 16.8. The predicted molar refractivity (Wildman–Crippen MR) is 112 cm³/mol. The molecule has 0 saturated heterocycles. The van der Waals surface area contributed by atoms with Gasteiger partial charge in [0, 0.05) is 10.6 Å². The predicted octanol–water partition coefficient (Wildman–Crippen LogP) is 4.01. The molecular weight excluding hydrogens is 422 g/mol. The summed E-state index contributed by atoms with van der Waals surface area (Å²) in [5.41, 5.74) is 1.25. The van der Waals surface area contributed by atoms with E-state index in [4.69, 9.17) is 16.0 Å².